The maximum Gasteiger partial charge on any atom is 1.00 e. The zero-order valence-corrected chi connectivity index (χ0v) is 6.61. The van der Waals surface area contributed by atoms with E-state index < -0.39 is 0 Å². The summed E-state index contributed by atoms with van der Waals surface area (Å²) in [6.07, 6.45) is 0. The molecule has 0 aromatic carbocycles. The number of hydrogen-bond acceptors (Lipinski definition) is 3. The first-order valence-corrected chi connectivity index (χ1v) is 1.25. The molecule has 0 saturated heterocycles. The maximum atomic E-state index is 8.22. The molecule has 0 bridgehead atoms. The van der Waals surface area contributed by atoms with E-state index in [4.69, 9.17) is 35.3 Å². The fourth-order valence-electron chi connectivity index (χ4n) is 0. The Morgan fingerprint density at radius 3 is 1.00 bits per heavy atom. The number of hydrogen-bond donors (Lipinski definition) is 2. The third kappa shape index (κ3) is 108. The Bertz CT molecular complexity index is 112. The summed E-state index contributed by atoms with van der Waals surface area (Å²) in [5.41, 5.74) is 0. The van der Waals surface area contributed by atoms with Crippen LogP contribution in [0.5, 0.6) is 0 Å². The first-order chi connectivity index (χ1) is 4.24. The van der Waals surface area contributed by atoms with Crippen molar-refractivity contribution in [3.05, 3.63) is 39.9 Å². The maximum absolute atomic E-state index is 8.22. The van der Waals surface area contributed by atoms with Crippen LogP contribution in [0.15, 0.2) is 0 Å². The molecular weight excluding hydrogens is 323 g/mol. The first kappa shape index (κ1) is 23.5. The molecule has 0 aromatic rings. The van der Waals surface area contributed by atoms with Crippen LogP contribution < -0.4 is 0 Å². The van der Waals surface area contributed by atoms with Crippen molar-refractivity contribution in [2.45, 2.75) is 0 Å². The molecule has 0 atom stereocenters. The largest absolute Gasteiger partial charge is 1.00 e. The topological polar surface area (TPSA) is 76.6 Å². The fraction of sp³-hybridized carbons (Fsp3) is 0. The second-order valence-corrected chi connectivity index (χ2v) is 0.291. The molecule has 10 heavy (non-hydrogen) atoms. The summed E-state index contributed by atoms with van der Waals surface area (Å²) >= 11 is 0. The van der Waals surface area contributed by atoms with Gasteiger partial charge in [0.15, 0.2) is 0 Å². The van der Waals surface area contributed by atoms with Crippen molar-refractivity contribution in [3.8, 4) is 0 Å². The Balaban J connectivity index is -0.0000000257. The van der Waals surface area contributed by atoms with Crippen LogP contribution in [-0.4, -0.2) is 10.4 Å². The Kier molecular flexibility index (Phi) is 301. The van der Waals surface area contributed by atoms with Crippen LogP contribution in [-0.2, 0) is 22.4 Å². The smallest absolute Gasteiger partial charge is 0.539 e. The quantitative estimate of drug-likeness (QED) is 0.396. The molecule has 0 aliphatic carbocycles. The SMILES string of the molecule is [Au+].[C-]#[N+]O.[C-]#[N+]O.[C-]#[N+][O-]. The molecule has 2 N–H and O–H groups in total. The van der Waals surface area contributed by atoms with Crippen molar-refractivity contribution < 1.29 is 32.8 Å². The predicted octanol–water partition coefficient (Wildman–Crippen LogP) is 0.991. The van der Waals surface area contributed by atoms with E-state index in [0.717, 1.165) is 0 Å². The summed E-state index contributed by atoms with van der Waals surface area (Å²) in [4.78, 5) is 0. The minimum absolute atomic E-state index is 0. The minimum atomic E-state index is 0. The zero-order chi connectivity index (χ0) is 8.12. The van der Waals surface area contributed by atoms with Crippen LogP contribution >= 0.6 is 0 Å². The van der Waals surface area contributed by atoms with Crippen LogP contribution in [0.4, 0.5) is 0 Å². The first-order valence-electron chi connectivity index (χ1n) is 1.25. The molecule has 0 heterocycles. The van der Waals surface area contributed by atoms with Crippen molar-refractivity contribution in [2.75, 3.05) is 0 Å². The summed E-state index contributed by atoms with van der Waals surface area (Å²) < 4.78 is 0. The molecule has 0 spiro atoms. The van der Waals surface area contributed by atoms with E-state index in [0.29, 0.717) is 0 Å². The molecule has 0 fully saturated rings. The van der Waals surface area contributed by atoms with Gasteiger partial charge in [0.2, 0.25) is 0 Å². The molecule has 0 aromatic heterocycles. The molecule has 7 heteroatoms. The van der Waals surface area contributed by atoms with Crippen LogP contribution in [0.1, 0.15) is 0 Å². The summed E-state index contributed by atoms with van der Waals surface area (Å²) in [6, 6.07) is 0. The third-order valence-corrected chi connectivity index (χ3v) is 0. The monoisotopic (exact) mass is 325 g/mol. The van der Waals surface area contributed by atoms with Crippen molar-refractivity contribution in [2.24, 2.45) is 0 Å². The van der Waals surface area contributed by atoms with Crippen LogP contribution in [0.2, 0.25) is 0 Å². The molecule has 0 unspecified atom stereocenters. The molecule has 0 radical (unpaired) electrons. The summed E-state index contributed by atoms with van der Waals surface area (Å²) in [7, 11) is 0. The fourth-order valence-corrected chi connectivity index (χ4v) is 0. The van der Waals surface area contributed by atoms with Crippen LogP contribution in [0, 0.1) is 24.9 Å². The third-order valence-electron chi connectivity index (χ3n) is 0. The molecule has 0 aliphatic heterocycles. The Labute approximate surface area is 73.2 Å². The molecule has 0 saturated carbocycles. The van der Waals surface area contributed by atoms with Crippen LogP contribution in [0.3, 0.4) is 0 Å². The van der Waals surface area contributed by atoms with Gasteiger partial charge in [-0.25, -0.2) is 17.0 Å². The van der Waals surface area contributed by atoms with Gasteiger partial charge in [0, 0.05) is 0 Å². The zero-order valence-electron chi connectivity index (χ0n) is 4.45. The molecule has 0 amide bonds. The van der Waals surface area contributed by atoms with E-state index in [9.17, 15) is 0 Å². The molecule has 0 aliphatic rings. The van der Waals surface area contributed by atoms with Crippen molar-refractivity contribution in [1.29, 1.82) is 0 Å². The Morgan fingerprint density at radius 1 is 1.00 bits per heavy atom. The molecule has 58 valence electrons. The second kappa shape index (κ2) is 128. The number of nitrogens with zero attached hydrogens (tertiary/aromatic N) is 3. The van der Waals surface area contributed by atoms with Gasteiger partial charge in [0.05, 0.1) is 0 Å². The van der Waals surface area contributed by atoms with Gasteiger partial charge >= 0.3 is 22.4 Å². The molecule has 0 rings (SSSR count). The van der Waals surface area contributed by atoms with E-state index in [1.54, 1.807) is 10.0 Å². The van der Waals surface area contributed by atoms with E-state index in [1.165, 1.54) is 5.01 Å². The van der Waals surface area contributed by atoms with Gasteiger partial charge < -0.3 is 5.21 Å². The van der Waals surface area contributed by atoms with Crippen LogP contribution in [0.25, 0.3) is 15.0 Å². The van der Waals surface area contributed by atoms with Gasteiger partial charge in [-0.15, -0.1) is 0 Å². The van der Waals surface area contributed by atoms with E-state index in [-0.39, 0.29) is 22.4 Å². The number of rotatable bonds is 0. The summed E-state index contributed by atoms with van der Waals surface area (Å²) in [5.74, 6) is 0. The summed E-state index contributed by atoms with van der Waals surface area (Å²) in [5, 5.41) is 26.9. The average molecular weight is 325 g/mol. The van der Waals surface area contributed by atoms with Crippen molar-refractivity contribution in [3.63, 3.8) is 0 Å². The van der Waals surface area contributed by atoms with Gasteiger partial charge in [-0.2, -0.15) is 13.1 Å². The Morgan fingerprint density at radius 2 is 1.00 bits per heavy atom. The van der Waals surface area contributed by atoms with E-state index in [1.807, 2.05) is 0 Å². The van der Waals surface area contributed by atoms with E-state index in [2.05, 4.69) is 0 Å². The normalized spacial score (nSPS) is 2.10. The van der Waals surface area contributed by atoms with Gasteiger partial charge in [-0.3, -0.25) is 5.01 Å². The van der Waals surface area contributed by atoms with E-state index >= 15 is 0 Å². The Hall–Kier alpha value is -1.39. The summed E-state index contributed by atoms with van der Waals surface area (Å²) in [6.45, 7) is 16.1. The molecular formula is C3H2AuN3O3. The van der Waals surface area contributed by atoms with Gasteiger partial charge in [0.25, 0.3) is 0 Å². The van der Waals surface area contributed by atoms with Gasteiger partial charge in [0.1, 0.15) is 0 Å². The van der Waals surface area contributed by atoms with Gasteiger partial charge in [-0.05, 0) is 10.0 Å². The minimum Gasteiger partial charge on any atom is -0.539 e. The second-order valence-electron chi connectivity index (χ2n) is 0.291. The standard InChI is InChI=1S/2CHNO.CNO.Au/c3*1-2-3;/h2*3H;;/q;;-1;+1. The van der Waals surface area contributed by atoms with Crippen molar-refractivity contribution in [1.82, 2.24) is 0 Å². The predicted molar refractivity (Wildman–Crippen MR) is 26.7 cm³/mol. The van der Waals surface area contributed by atoms with Crippen molar-refractivity contribution >= 4 is 0 Å². The molecule has 6 nitrogen and oxygen atoms in total. The average Bonchev–Trinajstić information content (AvgIpc) is 1.70. The van der Waals surface area contributed by atoms with Gasteiger partial charge in [-0.1, -0.05) is 0 Å².